The van der Waals surface area contributed by atoms with E-state index in [2.05, 4.69) is 27.1 Å². The van der Waals surface area contributed by atoms with Crippen LogP contribution in [0.25, 0.3) is 11.0 Å². The molecule has 0 bridgehead atoms. The van der Waals surface area contributed by atoms with E-state index in [0.717, 1.165) is 25.4 Å². The van der Waals surface area contributed by atoms with E-state index in [1.807, 2.05) is 19.3 Å². The molecule has 84 valence electrons. The number of morpholine rings is 1. The summed E-state index contributed by atoms with van der Waals surface area (Å²) in [5.41, 5.74) is 2.31. The lowest BCUT2D eigenvalue weighted by atomic mass is 10.1. The normalized spacial score (nSPS) is 21.4. The van der Waals surface area contributed by atoms with Gasteiger partial charge >= 0.3 is 0 Å². The highest BCUT2D eigenvalue weighted by atomic mass is 16.5. The molecule has 0 spiro atoms. The first-order valence-electron chi connectivity index (χ1n) is 5.57. The Labute approximate surface area is 94.2 Å². The van der Waals surface area contributed by atoms with Gasteiger partial charge in [-0.3, -0.25) is 0 Å². The molecule has 16 heavy (non-hydrogen) atoms. The first-order chi connectivity index (χ1) is 7.86. The van der Waals surface area contributed by atoms with Gasteiger partial charge in [0.05, 0.1) is 19.3 Å². The zero-order valence-corrected chi connectivity index (χ0v) is 9.31. The Morgan fingerprint density at radius 1 is 1.56 bits per heavy atom. The molecular weight excluding hydrogens is 202 g/mol. The second kappa shape index (κ2) is 3.88. The maximum Gasteiger partial charge on any atom is 0.139 e. The summed E-state index contributed by atoms with van der Waals surface area (Å²) in [6.07, 6.45) is 3.97. The fraction of sp³-hybridized carbons (Fsp3) is 0.417. The molecule has 0 saturated carbocycles. The monoisotopic (exact) mass is 217 g/mol. The fourth-order valence-electron chi connectivity index (χ4n) is 2.29. The van der Waals surface area contributed by atoms with Gasteiger partial charge in [0.1, 0.15) is 5.65 Å². The maximum absolute atomic E-state index is 5.50. The third kappa shape index (κ3) is 1.50. The Hall–Kier alpha value is -1.39. The van der Waals surface area contributed by atoms with E-state index in [1.54, 1.807) is 0 Å². The van der Waals surface area contributed by atoms with Gasteiger partial charge in [-0.25, -0.2) is 4.98 Å². The molecule has 1 atom stereocenters. The zero-order valence-electron chi connectivity index (χ0n) is 9.31. The van der Waals surface area contributed by atoms with Crippen molar-refractivity contribution in [1.82, 2.24) is 14.9 Å². The number of nitrogens with zero attached hydrogens (tertiary/aromatic N) is 2. The molecule has 1 unspecified atom stereocenters. The molecule has 0 radical (unpaired) electrons. The highest BCUT2D eigenvalue weighted by molar-refractivity contribution is 5.80. The number of ether oxygens (including phenoxy) is 1. The van der Waals surface area contributed by atoms with Gasteiger partial charge in [0.15, 0.2) is 0 Å². The number of fused-ring (bicyclic) bond motifs is 1. The van der Waals surface area contributed by atoms with E-state index in [9.17, 15) is 0 Å². The highest BCUT2D eigenvalue weighted by Crippen LogP contribution is 2.25. The van der Waals surface area contributed by atoms with Crippen molar-refractivity contribution >= 4 is 11.0 Å². The van der Waals surface area contributed by atoms with Crippen molar-refractivity contribution < 1.29 is 4.74 Å². The van der Waals surface area contributed by atoms with Crippen LogP contribution in [0.5, 0.6) is 0 Å². The Bertz CT molecular complexity index is 500. The van der Waals surface area contributed by atoms with Crippen molar-refractivity contribution in [2.24, 2.45) is 7.05 Å². The van der Waals surface area contributed by atoms with Crippen LogP contribution in [-0.2, 0) is 11.8 Å². The van der Waals surface area contributed by atoms with Gasteiger partial charge in [-0.15, -0.1) is 0 Å². The van der Waals surface area contributed by atoms with Crippen molar-refractivity contribution in [3.63, 3.8) is 0 Å². The van der Waals surface area contributed by atoms with Crippen molar-refractivity contribution in [3.8, 4) is 0 Å². The van der Waals surface area contributed by atoms with E-state index in [0.29, 0.717) is 6.04 Å². The summed E-state index contributed by atoms with van der Waals surface area (Å²) in [7, 11) is 2.03. The van der Waals surface area contributed by atoms with E-state index in [-0.39, 0.29) is 0 Å². The average Bonchev–Trinajstić information content (AvgIpc) is 2.69. The van der Waals surface area contributed by atoms with Crippen LogP contribution in [0.2, 0.25) is 0 Å². The Balaban J connectivity index is 2.08. The molecule has 3 rings (SSSR count). The SMILES string of the molecule is Cn1cc(C2COCCN2)c2cccnc21. The maximum atomic E-state index is 5.50. The Morgan fingerprint density at radius 2 is 2.50 bits per heavy atom. The third-order valence-electron chi connectivity index (χ3n) is 3.06. The lowest BCUT2D eigenvalue weighted by molar-refractivity contribution is 0.0772. The van der Waals surface area contributed by atoms with Gasteiger partial charge in [-0.1, -0.05) is 0 Å². The minimum absolute atomic E-state index is 0.293. The van der Waals surface area contributed by atoms with Crippen molar-refractivity contribution in [1.29, 1.82) is 0 Å². The minimum Gasteiger partial charge on any atom is -0.378 e. The molecule has 2 aromatic heterocycles. The van der Waals surface area contributed by atoms with Crippen LogP contribution in [-0.4, -0.2) is 29.3 Å². The third-order valence-corrected chi connectivity index (χ3v) is 3.06. The van der Waals surface area contributed by atoms with Crippen LogP contribution in [0, 0.1) is 0 Å². The Kier molecular flexibility index (Phi) is 2.38. The van der Waals surface area contributed by atoms with Gasteiger partial charge in [0, 0.05) is 31.4 Å². The topological polar surface area (TPSA) is 39.1 Å². The van der Waals surface area contributed by atoms with Crippen molar-refractivity contribution in [3.05, 3.63) is 30.1 Å². The summed E-state index contributed by atoms with van der Waals surface area (Å²) >= 11 is 0. The van der Waals surface area contributed by atoms with E-state index in [1.165, 1.54) is 10.9 Å². The molecule has 0 aliphatic carbocycles. The molecule has 2 aromatic rings. The number of aryl methyl sites for hydroxylation is 1. The fourth-order valence-corrected chi connectivity index (χ4v) is 2.29. The summed E-state index contributed by atoms with van der Waals surface area (Å²) in [6, 6.07) is 4.39. The summed E-state index contributed by atoms with van der Waals surface area (Å²) in [5.74, 6) is 0. The van der Waals surface area contributed by atoms with Gasteiger partial charge in [0.25, 0.3) is 0 Å². The molecule has 4 heteroatoms. The molecule has 1 aliphatic heterocycles. The molecule has 3 heterocycles. The molecule has 1 aliphatic rings. The highest BCUT2D eigenvalue weighted by Gasteiger charge is 2.19. The number of nitrogens with one attached hydrogen (secondary N) is 1. The summed E-state index contributed by atoms with van der Waals surface area (Å²) < 4.78 is 7.57. The number of rotatable bonds is 1. The van der Waals surface area contributed by atoms with Crippen LogP contribution in [0.15, 0.2) is 24.5 Å². The van der Waals surface area contributed by atoms with Crippen LogP contribution in [0.4, 0.5) is 0 Å². The second-order valence-electron chi connectivity index (χ2n) is 4.15. The molecular formula is C12H15N3O. The first-order valence-corrected chi connectivity index (χ1v) is 5.57. The molecule has 1 N–H and O–H groups in total. The average molecular weight is 217 g/mol. The molecule has 4 nitrogen and oxygen atoms in total. The quantitative estimate of drug-likeness (QED) is 0.781. The molecule has 1 saturated heterocycles. The van der Waals surface area contributed by atoms with Crippen LogP contribution in [0.3, 0.4) is 0 Å². The Morgan fingerprint density at radius 3 is 3.31 bits per heavy atom. The molecule has 0 amide bonds. The van der Waals surface area contributed by atoms with E-state index in [4.69, 9.17) is 4.74 Å². The largest absolute Gasteiger partial charge is 0.378 e. The van der Waals surface area contributed by atoms with Crippen LogP contribution in [0.1, 0.15) is 11.6 Å². The predicted molar refractivity (Wildman–Crippen MR) is 62.3 cm³/mol. The first kappa shape index (κ1) is 9.81. The predicted octanol–water partition coefficient (Wildman–Crippen LogP) is 1.23. The lowest BCUT2D eigenvalue weighted by Gasteiger charge is -2.23. The lowest BCUT2D eigenvalue weighted by Crippen LogP contribution is -2.34. The van der Waals surface area contributed by atoms with E-state index >= 15 is 0 Å². The second-order valence-corrected chi connectivity index (χ2v) is 4.15. The standard InChI is InChI=1S/C12H15N3O/c1-15-7-10(11-8-16-6-5-13-11)9-3-2-4-14-12(9)15/h2-4,7,11,13H,5-6,8H2,1H3. The smallest absolute Gasteiger partial charge is 0.139 e. The summed E-state index contributed by atoms with van der Waals surface area (Å²) in [6.45, 7) is 2.47. The summed E-state index contributed by atoms with van der Waals surface area (Å²) in [4.78, 5) is 4.39. The van der Waals surface area contributed by atoms with Crippen LogP contribution >= 0.6 is 0 Å². The minimum atomic E-state index is 0.293. The van der Waals surface area contributed by atoms with Crippen LogP contribution < -0.4 is 5.32 Å². The molecule has 1 fully saturated rings. The number of pyridine rings is 1. The zero-order chi connectivity index (χ0) is 11.0. The summed E-state index contributed by atoms with van der Waals surface area (Å²) in [5, 5.41) is 4.69. The van der Waals surface area contributed by atoms with Gasteiger partial charge < -0.3 is 14.6 Å². The van der Waals surface area contributed by atoms with Gasteiger partial charge in [0.2, 0.25) is 0 Å². The van der Waals surface area contributed by atoms with Gasteiger partial charge in [-0.05, 0) is 17.7 Å². The van der Waals surface area contributed by atoms with Crippen molar-refractivity contribution in [2.75, 3.05) is 19.8 Å². The number of hydrogen-bond acceptors (Lipinski definition) is 3. The number of aromatic nitrogens is 2. The molecule has 0 aromatic carbocycles. The van der Waals surface area contributed by atoms with Gasteiger partial charge in [-0.2, -0.15) is 0 Å². The van der Waals surface area contributed by atoms with E-state index < -0.39 is 0 Å². The number of hydrogen-bond donors (Lipinski definition) is 1. The van der Waals surface area contributed by atoms with Crippen molar-refractivity contribution in [2.45, 2.75) is 6.04 Å².